The van der Waals surface area contributed by atoms with Crippen LogP contribution in [0.5, 0.6) is 0 Å². The van der Waals surface area contributed by atoms with Crippen LogP contribution in [-0.4, -0.2) is 21.8 Å². The lowest BCUT2D eigenvalue weighted by atomic mass is 10.1. The van der Waals surface area contributed by atoms with E-state index >= 15 is 0 Å². The number of H-pyrrole nitrogens is 1. The number of hydrogen-bond donors (Lipinski definition) is 1. The molecule has 1 heterocycles. The van der Waals surface area contributed by atoms with Gasteiger partial charge < -0.3 is 9.88 Å². The first kappa shape index (κ1) is 14.3. The second kappa shape index (κ2) is 5.49. The Balaban J connectivity index is 2.46. The van der Waals surface area contributed by atoms with E-state index in [4.69, 9.17) is 0 Å². The monoisotopic (exact) mass is 272 g/mol. The average Bonchev–Trinajstić information content (AvgIpc) is 2.35. The molecule has 1 aromatic heterocycles. The van der Waals surface area contributed by atoms with Gasteiger partial charge in [-0.3, -0.25) is 9.59 Å². The molecule has 0 fully saturated rings. The summed E-state index contributed by atoms with van der Waals surface area (Å²) in [5, 5.41) is 0.992. The Hall–Kier alpha value is -2.10. The van der Waals surface area contributed by atoms with Crippen molar-refractivity contribution in [1.82, 2.24) is 9.88 Å². The number of aromatic amines is 1. The van der Waals surface area contributed by atoms with Crippen LogP contribution in [0.3, 0.4) is 0 Å². The van der Waals surface area contributed by atoms with Gasteiger partial charge in [0.15, 0.2) is 0 Å². The third-order valence-corrected chi connectivity index (χ3v) is 3.45. The van der Waals surface area contributed by atoms with Gasteiger partial charge in [-0.05, 0) is 44.4 Å². The van der Waals surface area contributed by atoms with Gasteiger partial charge in [0.2, 0.25) is 5.91 Å². The zero-order valence-electron chi connectivity index (χ0n) is 12.4. The second-order valence-corrected chi connectivity index (χ2v) is 5.46. The lowest BCUT2D eigenvalue weighted by Crippen LogP contribution is -2.36. The molecule has 0 saturated carbocycles. The first-order valence-electron chi connectivity index (χ1n) is 6.78. The summed E-state index contributed by atoms with van der Waals surface area (Å²) in [6.45, 7) is 7.77. The molecule has 0 radical (unpaired) electrons. The Kier molecular flexibility index (Phi) is 3.93. The molecule has 0 aliphatic heterocycles. The van der Waals surface area contributed by atoms with Gasteiger partial charge in [0.25, 0.3) is 5.56 Å². The maximum absolute atomic E-state index is 12.1. The standard InChI is InChI=1S/C16H20N2O2/c1-10(2)18(12(4)19)9-14-8-13-7-11(3)5-6-15(13)17-16(14)20/h5-8,10H,9H2,1-4H3,(H,17,20). The predicted octanol–water partition coefficient (Wildman–Crippen LogP) is 2.59. The summed E-state index contributed by atoms with van der Waals surface area (Å²) in [4.78, 5) is 28.3. The van der Waals surface area contributed by atoms with Gasteiger partial charge in [-0.25, -0.2) is 0 Å². The smallest absolute Gasteiger partial charge is 0.253 e. The number of aryl methyl sites for hydroxylation is 1. The Morgan fingerprint density at radius 2 is 2.00 bits per heavy atom. The lowest BCUT2D eigenvalue weighted by molar-refractivity contribution is -0.131. The van der Waals surface area contributed by atoms with Crippen LogP contribution in [0, 0.1) is 6.92 Å². The Labute approximate surface area is 118 Å². The van der Waals surface area contributed by atoms with E-state index in [2.05, 4.69) is 4.98 Å². The number of carbonyl (C=O) groups is 1. The van der Waals surface area contributed by atoms with Gasteiger partial charge in [-0.2, -0.15) is 0 Å². The summed E-state index contributed by atoms with van der Waals surface area (Å²) in [5.41, 5.74) is 2.45. The van der Waals surface area contributed by atoms with Gasteiger partial charge in [0, 0.05) is 24.0 Å². The molecule has 0 atom stereocenters. The molecule has 4 heteroatoms. The van der Waals surface area contributed by atoms with Crippen molar-refractivity contribution in [1.29, 1.82) is 0 Å². The van der Waals surface area contributed by atoms with Crippen molar-refractivity contribution >= 4 is 16.8 Å². The third-order valence-electron chi connectivity index (χ3n) is 3.45. The molecule has 4 nitrogen and oxygen atoms in total. The van der Waals surface area contributed by atoms with Gasteiger partial charge in [-0.15, -0.1) is 0 Å². The van der Waals surface area contributed by atoms with E-state index in [1.807, 2.05) is 45.0 Å². The molecular weight excluding hydrogens is 252 g/mol. The molecule has 2 aromatic rings. The average molecular weight is 272 g/mol. The van der Waals surface area contributed by atoms with Crippen molar-refractivity contribution in [2.45, 2.75) is 40.3 Å². The van der Waals surface area contributed by atoms with Crippen LogP contribution in [-0.2, 0) is 11.3 Å². The van der Waals surface area contributed by atoms with E-state index in [1.54, 1.807) is 4.90 Å². The quantitative estimate of drug-likeness (QED) is 0.933. The molecule has 0 spiro atoms. The van der Waals surface area contributed by atoms with Crippen LogP contribution in [0.25, 0.3) is 10.9 Å². The largest absolute Gasteiger partial charge is 0.336 e. The Morgan fingerprint density at radius 1 is 1.30 bits per heavy atom. The van der Waals surface area contributed by atoms with Crippen molar-refractivity contribution in [3.05, 3.63) is 45.7 Å². The van der Waals surface area contributed by atoms with Crippen LogP contribution < -0.4 is 5.56 Å². The summed E-state index contributed by atoms with van der Waals surface area (Å²) in [7, 11) is 0. The van der Waals surface area contributed by atoms with E-state index < -0.39 is 0 Å². The predicted molar refractivity (Wildman–Crippen MR) is 80.7 cm³/mol. The topological polar surface area (TPSA) is 53.2 Å². The van der Waals surface area contributed by atoms with E-state index in [-0.39, 0.29) is 17.5 Å². The molecule has 0 bridgehead atoms. The molecule has 1 aromatic carbocycles. The highest BCUT2D eigenvalue weighted by Crippen LogP contribution is 2.14. The minimum absolute atomic E-state index is 0.0243. The van der Waals surface area contributed by atoms with Gasteiger partial charge in [-0.1, -0.05) is 11.6 Å². The third kappa shape index (κ3) is 2.90. The van der Waals surface area contributed by atoms with E-state index in [1.165, 1.54) is 6.92 Å². The van der Waals surface area contributed by atoms with Crippen LogP contribution in [0.4, 0.5) is 0 Å². The zero-order valence-corrected chi connectivity index (χ0v) is 12.4. The molecule has 2 rings (SSSR count). The Bertz CT molecular complexity index is 701. The summed E-state index contributed by atoms with van der Waals surface area (Å²) < 4.78 is 0. The second-order valence-electron chi connectivity index (χ2n) is 5.46. The number of amides is 1. The van der Waals surface area contributed by atoms with E-state index in [0.29, 0.717) is 12.1 Å². The normalized spacial score (nSPS) is 11.1. The molecule has 0 aliphatic rings. The van der Waals surface area contributed by atoms with Crippen molar-refractivity contribution < 1.29 is 4.79 Å². The molecule has 1 amide bonds. The van der Waals surface area contributed by atoms with E-state index in [9.17, 15) is 9.59 Å². The molecule has 0 saturated heterocycles. The summed E-state index contributed by atoms with van der Waals surface area (Å²) in [5.74, 6) is -0.0243. The van der Waals surface area contributed by atoms with Crippen molar-refractivity contribution in [2.75, 3.05) is 0 Å². The highest BCUT2D eigenvalue weighted by atomic mass is 16.2. The minimum Gasteiger partial charge on any atom is -0.336 e. The molecule has 1 N–H and O–H groups in total. The molecule has 0 aliphatic carbocycles. The number of nitrogens with one attached hydrogen (secondary N) is 1. The fourth-order valence-corrected chi connectivity index (χ4v) is 2.33. The number of benzene rings is 1. The van der Waals surface area contributed by atoms with Crippen molar-refractivity contribution in [3.8, 4) is 0 Å². The number of carbonyl (C=O) groups excluding carboxylic acids is 1. The highest BCUT2D eigenvalue weighted by Gasteiger charge is 2.15. The first-order chi connectivity index (χ1) is 9.38. The minimum atomic E-state index is -0.131. The number of rotatable bonds is 3. The number of hydrogen-bond acceptors (Lipinski definition) is 2. The lowest BCUT2D eigenvalue weighted by Gasteiger charge is -2.25. The maximum atomic E-state index is 12.1. The van der Waals surface area contributed by atoms with Gasteiger partial charge in [0.1, 0.15) is 0 Å². The van der Waals surface area contributed by atoms with Crippen molar-refractivity contribution in [3.63, 3.8) is 0 Å². The van der Waals surface area contributed by atoms with Crippen LogP contribution in [0.15, 0.2) is 29.1 Å². The SMILES string of the molecule is CC(=O)N(Cc1cc2cc(C)ccc2[nH]c1=O)C(C)C. The Morgan fingerprint density at radius 3 is 2.60 bits per heavy atom. The van der Waals surface area contributed by atoms with E-state index in [0.717, 1.165) is 16.5 Å². The fraction of sp³-hybridized carbons (Fsp3) is 0.375. The molecule has 0 unspecified atom stereocenters. The maximum Gasteiger partial charge on any atom is 0.253 e. The summed E-state index contributed by atoms with van der Waals surface area (Å²) in [6, 6.07) is 7.84. The summed E-state index contributed by atoms with van der Waals surface area (Å²) >= 11 is 0. The highest BCUT2D eigenvalue weighted by molar-refractivity contribution is 5.80. The molecule has 20 heavy (non-hydrogen) atoms. The van der Waals surface area contributed by atoms with Crippen LogP contribution in [0.1, 0.15) is 31.9 Å². The molecular formula is C16H20N2O2. The summed E-state index contributed by atoms with van der Waals surface area (Å²) in [6.07, 6.45) is 0. The van der Waals surface area contributed by atoms with Crippen molar-refractivity contribution in [2.24, 2.45) is 0 Å². The number of aromatic nitrogens is 1. The van der Waals surface area contributed by atoms with Crippen LogP contribution >= 0.6 is 0 Å². The van der Waals surface area contributed by atoms with Gasteiger partial charge >= 0.3 is 0 Å². The zero-order chi connectivity index (χ0) is 14.9. The molecule has 106 valence electrons. The van der Waals surface area contributed by atoms with Gasteiger partial charge in [0.05, 0.1) is 6.54 Å². The fourth-order valence-electron chi connectivity index (χ4n) is 2.33. The first-order valence-corrected chi connectivity index (χ1v) is 6.78. The van der Waals surface area contributed by atoms with Crippen LogP contribution in [0.2, 0.25) is 0 Å². The number of pyridine rings is 1. The number of fused-ring (bicyclic) bond motifs is 1. The number of nitrogens with zero attached hydrogens (tertiary/aromatic N) is 1.